The molecule has 1 aromatic rings. The average Bonchev–Trinajstić information content (AvgIpc) is 2.42. The molecule has 0 fully saturated rings. The lowest BCUT2D eigenvalue weighted by molar-refractivity contribution is 0.572. The van der Waals surface area contributed by atoms with Gasteiger partial charge >= 0.3 is 0 Å². The molecular formula is C17H30ClN. The van der Waals surface area contributed by atoms with Crippen LogP contribution >= 0.6 is 12.4 Å². The quantitative estimate of drug-likeness (QED) is 0.588. The molecular weight excluding hydrogens is 254 g/mol. The molecule has 0 amide bonds. The van der Waals surface area contributed by atoms with E-state index >= 15 is 0 Å². The summed E-state index contributed by atoms with van der Waals surface area (Å²) in [6.07, 6.45) is 9.38. The Kier molecular flexibility index (Phi) is 12.2. The van der Waals surface area contributed by atoms with Gasteiger partial charge in [0.15, 0.2) is 0 Å². The maximum absolute atomic E-state index is 3.53. The van der Waals surface area contributed by atoms with Crippen molar-refractivity contribution < 1.29 is 0 Å². The van der Waals surface area contributed by atoms with Gasteiger partial charge < -0.3 is 5.32 Å². The van der Waals surface area contributed by atoms with E-state index in [0.29, 0.717) is 0 Å². The molecule has 1 nitrogen and oxygen atoms in total. The molecule has 0 radical (unpaired) electrons. The fourth-order valence-electron chi connectivity index (χ4n) is 2.16. The van der Waals surface area contributed by atoms with Gasteiger partial charge in [0.25, 0.3) is 0 Å². The average molecular weight is 284 g/mol. The van der Waals surface area contributed by atoms with Crippen molar-refractivity contribution in [3.05, 3.63) is 35.4 Å². The summed E-state index contributed by atoms with van der Waals surface area (Å²) in [6.45, 7) is 6.64. The summed E-state index contributed by atoms with van der Waals surface area (Å²) in [5.41, 5.74) is 2.83. The first-order valence-electron chi connectivity index (χ1n) is 7.65. The van der Waals surface area contributed by atoms with Crippen molar-refractivity contribution in [3.8, 4) is 0 Å². The van der Waals surface area contributed by atoms with Gasteiger partial charge in [0.05, 0.1) is 0 Å². The molecule has 0 aliphatic rings. The summed E-state index contributed by atoms with van der Waals surface area (Å²) >= 11 is 0. The molecule has 110 valence electrons. The van der Waals surface area contributed by atoms with E-state index in [9.17, 15) is 0 Å². The van der Waals surface area contributed by atoms with Crippen molar-refractivity contribution in [3.63, 3.8) is 0 Å². The third-order valence-electron chi connectivity index (χ3n) is 3.47. The zero-order valence-electron chi connectivity index (χ0n) is 12.6. The fraction of sp³-hybridized carbons (Fsp3) is 0.647. The Bertz CT molecular complexity index is 295. The van der Waals surface area contributed by atoms with Gasteiger partial charge in [-0.2, -0.15) is 0 Å². The van der Waals surface area contributed by atoms with E-state index in [0.717, 1.165) is 19.5 Å². The predicted molar refractivity (Wildman–Crippen MR) is 88.2 cm³/mol. The van der Waals surface area contributed by atoms with Gasteiger partial charge in [0.2, 0.25) is 0 Å². The zero-order chi connectivity index (χ0) is 13.1. The van der Waals surface area contributed by atoms with E-state index in [1.165, 1.54) is 49.7 Å². The van der Waals surface area contributed by atoms with Crippen LogP contribution in [0.15, 0.2) is 24.3 Å². The second kappa shape index (κ2) is 12.5. The van der Waals surface area contributed by atoms with Crippen LogP contribution in [-0.4, -0.2) is 6.54 Å². The molecule has 0 heterocycles. The maximum Gasteiger partial charge on any atom is 0.0205 e. The van der Waals surface area contributed by atoms with E-state index in [2.05, 4.69) is 43.4 Å². The van der Waals surface area contributed by atoms with Crippen molar-refractivity contribution in [1.82, 2.24) is 5.32 Å². The van der Waals surface area contributed by atoms with Crippen molar-refractivity contribution in [2.75, 3.05) is 6.54 Å². The molecule has 0 unspecified atom stereocenters. The number of hydrogen-bond acceptors (Lipinski definition) is 1. The number of unbranched alkanes of at least 4 members (excludes halogenated alkanes) is 5. The highest BCUT2D eigenvalue weighted by Crippen LogP contribution is 2.06. The van der Waals surface area contributed by atoms with Crippen LogP contribution in [0.2, 0.25) is 0 Å². The van der Waals surface area contributed by atoms with E-state index in [-0.39, 0.29) is 12.4 Å². The normalized spacial score (nSPS) is 10.2. The number of rotatable bonds is 10. The van der Waals surface area contributed by atoms with Crippen LogP contribution in [0.4, 0.5) is 0 Å². The van der Waals surface area contributed by atoms with Gasteiger partial charge in [-0.05, 0) is 30.5 Å². The van der Waals surface area contributed by atoms with E-state index in [4.69, 9.17) is 0 Å². The molecule has 19 heavy (non-hydrogen) atoms. The fourth-order valence-corrected chi connectivity index (χ4v) is 2.16. The second-order valence-electron chi connectivity index (χ2n) is 5.11. The van der Waals surface area contributed by atoms with E-state index in [1.54, 1.807) is 0 Å². The van der Waals surface area contributed by atoms with Crippen LogP contribution in [0.1, 0.15) is 63.5 Å². The minimum Gasteiger partial charge on any atom is -0.313 e. The highest BCUT2D eigenvalue weighted by atomic mass is 35.5. The summed E-state index contributed by atoms with van der Waals surface area (Å²) in [7, 11) is 0. The molecule has 0 atom stereocenters. The summed E-state index contributed by atoms with van der Waals surface area (Å²) in [6, 6.07) is 8.96. The molecule has 1 rings (SSSR count). The van der Waals surface area contributed by atoms with Crippen LogP contribution in [-0.2, 0) is 13.0 Å². The van der Waals surface area contributed by atoms with Gasteiger partial charge in [-0.1, -0.05) is 70.2 Å². The summed E-state index contributed by atoms with van der Waals surface area (Å²) in [5, 5.41) is 3.53. The first-order valence-corrected chi connectivity index (χ1v) is 7.65. The summed E-state index contributed by atoms with van der Waals surface area (Å²) in [4.78, 5) is 0. The third kappa shape index (κ3) is 9.07. The van der Waals surface area contributed by atoms with Crippen molar-refractivity contribution in [1.29, 1.82) is 0 Å². The Morgan fingerprint density at radius 3 is 2.00 bits per heavy atom. The van der Waals surface area contributed by atoms with Crippen LogP contribution in [0.5, 0.6) is 0 Å². The molecule has 0 saturated heterocycles. The first kappa shape index (κ1) is 18.5. The van der Waals surface area contributed by atoms with Crippen LogP contribution < -0.4 is 5.32 Å². The smallest absolute Gasteiger partial charge is 0.0205 e. The van der Waals surface area contributed by atoms with Gasteiger partial charge in [-0.3, -0.25) is 0 Å². The number of benzene rings is 1. The Morgan fingerprint density at radius 1 is 0.789 bits per heavy atom. The lowest BCUT2D eigenvalue weighted by Crippen LogP contribution is -2.14. The Morgan fingerprint density at radius 2 is 1.37 bits per heavy atom. The minimum atomic E-state index is 0. The van der Waals surface area contributed by atoms with E-state index < -0.39 is 0 Å². The van der Waals surface area contributed by atoms with Gasteiger partial charge in [0.1, 0.15) is 0 Å². The van der Waals surface area contributed by atoms with Crippen molar-refractivity contribution >= 4 is 12.4 Å². The van der Waals surface area contributed by atoms with Crippen LogP contribution in [0, 0.1) is 0 Å². The molecule has 1 N–H and O–H groups in total. The van der Waals surface area contributed by atoms with E-state index in [1.807, 2.05) is 0 Å². The molecule has 0 saturated carbocycles. The Balaban J connectivity index is 0.00000324. The van der Waals surface area contributed by atoms with Crippen molar-refractivity contribution in [2.45, 2.75) is 65.3 Å². The van der Waals surface area contributed by atoms with Gasteiger partial charge in [0, 0.05) is 6.54 Å². The summed E-state index contributed by atoms with van der Waals surface area (Å²) < 4.78 is 0. The molecule has 0 aromatic heterocycles. The number of halogens is 1. The second-order valence-corrected chi connectivity index (χ2v) is 5.11. The molecule has 0 bridgehead atoms. The highest BCUT2D eigenvalue weighted by molar-refractivity contribution is 5.85. The maximum atomic E-state index is 3.53. The first-order chi connectivity index (χ1) is 8.86. The Hall–Kier alpha value is -0.530. The number of nitrogens with one attached hydrogen (secondary N) is 1. The minimum absolute atomic E-state index is 0. The van der Waals surface area contributed by atoms with Gasteiger partial charge in [-0.25, -0.2) is 0 Å². The molecule has 0 aliphatic heterocycles. The topological polar surface area (TPSA) is 12.0 Å². The van der Waals surface area contributed by atoms with Crippen LogP contribution in [0.3, 0.4) is 0 Å². The number of aryl methyl sites for hydroxylation is 1. The predicted octanol–water partition coefficient (Wildman–Crippen LogP) is 5.12. The summed E-state index contributed by atoms with van der Waals surface area (Å²) in [5.74, 6) is 0. The molecule has 0 spiro atoms. The SMILES string of the molecule is CCCCCCCCNCc1ccc(CC)cc1.Cl. The van der Waals surface area contributed by atoms with Crippen LogP contribution in [0.25, 0.3) is 0 Å². The van der Waals surface area contributed by atoms with Crippen molar-refractivity contribution in [2.24, 2.45) is 0 Å². The molecule has 2 heteroatoms. The molecule has 1 aromatic carbocycles. The standard InChI is InChI=1S/C17H29N.ClH/c1-3-5-6-7-8-9-14-18-15-17-12-10-16(4-2)11-13-17;/h10-13,18H,3-9,14-15H2,1-2H3;1H. The number of hydrogen-bond donors (Lipinski definition) is 1. The molecule has 0 aliphatic carbocycles. The highest BCUT2D eigenvalue weighted by Gasteiger charge is 1.94. The zero-order valence-corrected chi connectivity index (χ0v) is 13.4. The lowest BCUT2D eigenvalue weighted by Gasteiger charge is -2.06. The monoisotopic (exact) mass is 283 g/mol. The Labute approximate surface area is 125 Å². The third-order valence-corrected chi connectivity index (χ3v) is 3.47. The largest absolute Gasteiger partial charge is 0.313 e. The lowest BCUT2D eigenvalue weighted by atomic mass is 10.1. The van der Waals surface area contributed by atoms with Gasteiger partial charge in [-0.15, -0.1) is 12.4 Å².